The summed E-state index contributed by atoms with van der Waals surface area (Å²) in [5.41, 5.74) is 2.25. The molecule has 0 bridgehead atoms. The summed E-state index contributed by atoms with van der Waals surface area (Å²) >= 11 is 0. The van der Waals surface area contributed by atoms with Gasteiger partial charge in [0.15, 0.2) is 11.6 Å². The lowest BCUT2D eigenvalue weighted by Crippen LogP contribution is -2.15. The summed E-state index contributed by atoms with van der Waals surface area (Å²) in [5, 5.41) is 18.0. The summed E-state index contributed by atoms with van der Waals surface area (Å²) in [5.74, 6) is -0.338. The second kappa shape index (κ2) is 16.1. The van der Waals surface area contributed by atoms with Gasteiger partial charge in [-0.15, -0.1) is 0 Å². The smallest absolute Gasteiger partial charge is 0.158 e. The highest BCUT2D eigenvalue weighted by Gasteiger charge is 2.06. The van der Waals surface area contributed by atoms with Crippen LogP contribution in [0.15, 0.2) is 23.3 Å². The van der Waals surface area contributed by atoms with Gasteiger partial charge in [-0.25, -0.2) is 0 Å². The van der Waals surface area contributed by atoms with E-state index in [2.05, 4.69) is 0 Å². The molecule has 0 radical (unpaired) electrons. The maximum Gasteiger partial charge on any atom is 0.158 e. The summed E-state index contributed by atoms with van der Waals surface area (Å²) in [7, 11) is 0. The Balaban J connectivity index is -0.000000135. The molecule has 0 aliphatic carbocycles. The van der Waals surface area contributed by atoms with Gasteiger partial charge in [0.25, 0.3) is 0 Å². The Morgan fingerprint density at radius 3 is 1.09 bits per heavy atom. The van der Waals surface area contributed by atoms with Crippen molar-refractivity contribution in [2.45, 2.75) is 81.4 Å². The molecule has 0 aliphatic heterocycles. The highest BCUT2D eigenvalue weighted by atomic mass is 16.3. The van der Waals surface area contributed by atoms with Gasteiger partial charge in [0.2, 0.25) is 0 Å². The minimum atomic E-state index is -0.810. The number of allylic oxidation sites excluding steroid dienone is 2. The van der Waals surface area contributed by atoms with E-state index in [1.54, 1.807) is 0 Å². The van der Waals surface area contributed by atoms with Crippen molar-refractivity contribution in [3.63, 3.8) is 0 Å². The van der Waals surface area contributed by atoms with Gasteiger partial charge < -0.3 is 10.2 Å². The fourth-order valence-electron chi connectivity index (χ4n) is 1.03. The third-order valence-corrected chi connectivity index (χ3v) is 2.44. The fourth-order valence-corrected chi connectivity index (χ4v) is 1.03. The van der Waals surface area contributed by atoms with Crippen LogP contribution in [0, 0.1) is 0 Å². The summed E-state index contributed by atoms with van der Waals surface area (Å²) in [6.07, 6.45) is 2.97. The number of rotatable bonds is 6. The molecule has 0 amide bonds. The van der Waals surface area contributed by atoms with Crippen LogP contribution in [-0.2, 0) is 9.59 Å². The Kier molecular flexibility index (Phi) is 21.1. The van der Waals surface area contributed by atoms with Gasteiger partial charge in [-0.05, 0) is 54.4 Å². The van der Waals surface area contributed by atoms with Crippen molar-refractivity contribution >= 4 is 11.6 Å². The van der Waals surface area contributed by atoms with Gasteiger partial charge >= 0.3 is 0 Å². The van der Waals surface area contributed by atoms with Crippen LogP contribution in [0.3, 0.4) is 0 Å². The van der Waals surface area contributed by atoms with E-state index in [1.807, 2.05) is 39.8 Å². The van der Waals surface area contributed by atoms with E-state index in [1.165, 1.54) is 13.8 Å². The summed E-state index contributed by atoms with van der Waals surface area (Å²) in [6.45, 7) is 10.5. The number of hydrogen-bond acceptors (Lipinski definition) is 4. The van der Waals surface area contributed by atoms with E-state index in [-0.39, 0.29) is 26.4 Å². The lowest BCUT2D eigenvalue weighted by molar-refractivity contribution is -0.125. The molecule has 0 aromatic heterocycles. The first-order valence-electron chi connectivity index (χ1n) is 6.71. The molecule has 2 atom stereocenters. The second-order valence-electron chi connectivity index (χ2n) is 5.29. The van der Waals surface area contributed by atoms with Crippen molar-refractivity contribution in [1.82, 2.24) is 0 Å². The summed E-state index contributed by atoms with van der Waals surface area (Å²) in [6, 6.07) is 0. The van der Waals surface area contributed by atoms with Crippen molar-refractivity contribution in [1.29, 1.82) is 0 Å². The lowest BCUT2D eigenvalue weighted by Gasteiger charge is -2.01. The molecule has 22 heavy (non-hydrogen) atoms. The highest BCUT2D eigenvalue weighted by molar-refractivity contribution is 5.80. The van der Waals surface area contributed by atoms with Crippen LogP contribution in [0.25, 0.3) is 0 Å². The van der Waals surface area contributed by atoms with Crippen molar-refractivity contribution in [2.75, 3.05) is 0 Å². The quantitative estimate of drug-likeness (QED) is 0.730. The van der Waals surface area contributed by atoms with Crippen LogP contribution in [0.5, 0.6) is 0 Å². The SMILES string of the molecule is C.C.CC(=O)[C@@H](O)CC=C(C)C.CC(=O)[C@H](O)CC=C(C)C. The Hall–Kier alpha value is -1.26. The van der Waals surface area contributed by atoms with Crippen LogP contribution in [0.4, 0.5) is 0 Å². The van der Waals surface area contributed by atoms with Gasteiger partial charge in [-0.2, -0.15) is 0 Å². The zero-order chi connectivity index (χ0) is 16.3. The molecule has 0 rings (SSSR count). The molecule has 0 aromatic rings. The number of carbonyl (C=O) groups excluding carboxylic acids is 2. The molecule has 0 saturated heterocycles. The first kappa shape index (κ1) is 28.8. The normalized spacial score (nSPS) is 11.3. The summed E-state index contributed by atoms with van der Waals surface area (Å²) in [4.78, 5) is 21.0. The third kappa shape index (κ3) is 21.0. The maximum absolute atomic E-state index is 10.5. The largest absolute Gasteiger partial charge is 0.385 e. The topological polar surface area (TPSA) is 74.6 Å². The van der Waals surface area contributed by atoms with Crippen LogP contribution in [0.2, 0.25) is 0 Å². The summed E-state index contributed by atoms with van der Waals surface area (Å²) < 4.78 is 0. The van der Waals surface area contributed by atoms with E-state index in [4.69, 9.17) is 10.2 Å². The Morgan fingerprint density at radius 1 is 0.727 bits per heavy atom. The fraction of sp³-hybridized carbons (Fsp3) is 0.667. The van der Waals surface area contributed by atoms with Gasteiger partial charge in [-0.3, -0.25) is 9.59 Å². The molecule has 2 N–H and O–H groups in total. The van der Waals surface area contributed by atoms with Crippen molar-refractivity contribution < 1.29 is 19.8 Å². The Morgan fingerprint density at radius 2 is 0.955 bits per heavy atom. The molecule has 4 nitrogen and oxygen atoms in total. The number of hydrogen-bond donors (Lipinski definition) is 2. The number of Topliss-reactive ketones (excluding diaryl/α,β-unsaturated/α-hetero) is 2. The Bertz CT molecular complexity index is 323. The molecule has 0 aromatic carbocycles. The van der Waals surface area contributed by atoms with Gasteiger partial charge in [0, 0.05) is 0 Å². The Labute approximate surface area is 136 Å². The second-order valence-corrected chi connectivity index (χ2v) is 5.29. The van der Waals surface area contributed by atoms with Crippen LogP contribution in [0.1, 0.15) is 69.2 Å². The van der Waals surface area contributed by atoms with Crippen molar-refractivity contribution in [3.8, 4) is 0 Å². The van der Waals surface area contributed by atoms with Crippen LogP contribution in [-0.4, -0.2) is 34.0 Å². The lowest BCUT2D eigenvalue weighted by atomic mass is 10.1. The van der Waals surface area contributed by atoms with Crippen molar-refractivity contribution in [2.24, 2.45) is 0 Å². The molecule has 0 fully saturated rings. The zero-order valence-electron chi connectivity index (χ0n) is 13.4. The first-order valence-corrected chi connectivity index (χ1v) is 6.71. The molecule has 0 spiro atoms. The van der Waals surface area contributed by atoms with E-state index in [9.17, 15) is 9.59 Å². The predicted octanol–water partition coefficient (Wildman–Crippen LogP) is 3.86. The molecule has 4 heteroatoms. The third-order valence-electron chi connectivity index (χ3n) is 2.44. The minimum absolute atomic E-state index is 0. The number of aliphatic hydroxyl groups excluding tert-OH is 2. The van der Waals surface area contributed by atoms with Gasteiger partial charge in [-0.1, -0.05) is 38.2 Å². The van der Waals surface area contributed by atoms with E-state index in [0.717, 1.165) is 11.1 Å². The average Bonchev–Trinajstić information content (AvgIpc) is 2.33. The molecule has 0 heterocycles. The zero-order valence-corrected chi connectivity index (χ0v) is 13.4. The molecule has 0 saturated carbocycles. The van der Waals surface area contributed by atoms with Crippen LogP contribution < -0.4 is 0 Å². The molecule has 0 unspecified atom stereocenters. The monoisotopic (exact) mass is 316 g/mol. The first-order chi connectivity index (χ1) is 9.07. The standard InChI is InChI=1S/2C8H14O2.2CH4/c2*1-6(2)4-5-8(10)7(3)9;;/h2*4,8,10H,5H2,1-3H3;2*1H4/t2*8-;;/m10../s1. The number of ketones is 2. The highest BCUT2D eigenvalue weighted by Crippen LogP contribution is 1.99. The number of carbonyl (C=O) groups is 2. The average molecular weight is 316 g/mol. The van der Waals surface area contributed by atoms with E-state index in [0.29, 0.717) is 12.8 Å². The predicted molar refractivity (Wildman–Crippen MR) is 94.9 cm³/mol. The van der Waals surface area contributed by atoms with Crippen molar-refractivity contribution in [3.05, 3.63) is 23.3 Å². The molecular formula is C18H36O4. The van der Waals surface area contributed by atoms with Gasteiger partial charge in [0.1, 0.15) is 12.2 Å². The van der Waals surface area contributed by atoms with E-state index < -0.39 is 12.2 Å². The van der Waals surface area contributed by atoms with E-state index >= 15 is 0 Å². The molecule has 132 valence electrons. The molecular weight excluding hydrogens is 280 g/mol. The molecule has 0 aliphatic rings. The van der Waals surface area contributed by atoms with Crippen LogP contribution >= 0.6 is 0 Å². The maximum atomic E-state index is 10.5. The van der Waals surface area contributed by atoms with Gasteiger partial charge in [0.05, 0.1) is 0 Å². The number of aliphatic hydroxyl groups is 2. The minimum Gasteiger partial charge on any atom is -0.385 e.